The van der Waals surface area contributed by atoms with Crippen LogP contribution in [0.1, 0.15) is 12.8 Å². The summed E-state index contributed by atoms with van der Waals surface area (Å²) in [6.07, 6.45) is 5.91. The summed E-state index contributed by atoms with van der Waals surface area (Å²) in [6.45, 7) is 1.21. The summed E-state index contributed by atoms with van der Waals surface area (Å²) in [5.74, 6) is -1.21. The van der Waals surface area contributed by atoms with Crippen molar-refractivity contribution in [2.24, 2.45) is 5.92 Å². The first-order valence-corrected chi connectivity index (χ1v) is 8.78. The highest BCUT2D eigenvalue weighted by atomic mass is 19.2. The predicted molar refractivity (Wildman–Crippen MR) is 96.9 cm³/mol. The van der Waals surface area contributed by atoms with E-state index in [1.165, 1.54) is 23.4 Å². The Bertz CT molecular complexity index is 980. The van der Waals surface area contributed by atoms with Crippen LogP contribution in [0.4, 0.5) is 20.3 Å². The summed E-state index contributed by atoms with van der Waals surface area (Å²) in [6, 6.07) is 5.09. The maximum absolute atomic E-state index is 13.3. The highest BCUT2D eigenvalue weighted by Gasteiger charge is 2.27. The largest absolute Gasteiger partial charge is 0.356 e. The number of aromatic nitrogens is 5. The van der Waals surface area contributed by atoms with Crippen LogP contribution < -0.4 is 10.2 Å². The van der Waals surface area contributed by atoms with Gasteiger partial charge in [0.25, 0.3) is 0 Å². The number of rotatable bonds is 4. The van der Waals surface area contributed by atoms with Crippen LogP contribution in [0.25, 0.3) is 5.82 Å². The Morgan fingerprint density at radius 2 is 1.96 bits per heavy atom. The lowest BCUT2D eigenvalue weighted by atomic mass is 9.97. The minimum atomic E-state index is -0.996. The molecule has 1 aromatic carbocycles. The molecular formula is C18H17F2N7O. The molecule has 1 atom stereocenters. The molecule has 8 nitrogen and oxygen atoms in total. The molecule has 0 aliphatic carbocycles. The SMILES string of the molecule is O=C(Nc1ccc(F)c(F)c1)C1CCCN(c2cc(-n3cncn3)ncn2)C1. The number of nitrogens with one attached hydrogen (secondary N) is 1. The Kier molecular flexibility index (Phi) is 4.92. The lowest BCUT2D eigenvalue weighted by Crippen LogP contribution is -2.41. The maximum atomic E-state index is 13.3. The molecule has 3 aromatic rings. The van der Waals surface area contributed by atoms with Crippen LogP contribution in [-0.4, -0.2) is 43.7 Å². The number of halogens is 2. The maximum Gasteiger partial charge on any atom is 0.229 e. The first-order chi connectivity index (χ1) is 13.6. The fourth-order valence-corrected chi connectivity index (χ4v) is 3.18. The summed E-state index contributed by atoms with van der Waals surface area (Å²) >= 11 is 0. The lowest BCUT2D eigenvalue weighted by molar-refractivity contribution is -0.120. The van der Waals surface area contributed by atoms with Gasteiger partial charge in [-0.05, 0) is 25.0 Å². The second-order valence-electron chi connectivity index (χ2n) is 6.48. The van der Waals surface area contributed by atoms with Crippen molar-refractivity contribution in [1.29, 1.82) is 0 Å². The molecule has 144 valence electrons. The fourth-order valence-electron chi connectivity index (χ4n) is 3.18. The van der Waals surface area contributed by atoms with E-state index < -0.39 is 11.6 Å². The number of carbonyl (C=O) groups excluding carboxylic acids is 1. The van der Waals surface area contributed by atoms with Crippen LogP contribution in [0.15, 0.2) is 43.2 Å². The van der Waals surface area contributed by atoms with Crippen molar-refractivity contribution in [3.05, 3.63) is 54.9 Å². The van der Waals surface area contributed by atoms with Gasteiger partial charge in [-0.1, -0.05) is 0 Å². The van der Waals surface area contributed by atoms with Crippen molar-refractivity contribution in [1.82, 2.24) is 24.7 Å². The average Bonchev–Trinajstić information content (AvgIpc) is 3.26. The third kappa shape index (κ3) is 3.80. The van der Waals surface area contributed by atoms with E-state index in [0.717, 1.165) is 25.1 Å². The molecular weight excluding hydrogens is 368 g/mol. The van der Waals surface area contributed by atoms with E-state index in [1.54, 1.807) is 12.4 Å². The van der Waals surface area contributed by atoms with Crippen LogP contribution in [-0.2, 0) is 4.79 Å². The summed E-state index contributed by atoms with van der Waals surface area (Å²) in [5, 5.41) is 6.71. The molecule has 1 saturated heterocycles. The Hall–Kier alpha value is -3.43. The number of nitrogens with zero attached hydrogens (tertiary/aromatic N) is 6. The third-order valence-corrected chi connectivity index (χ3v) is 4.60. The average molecular weight is 385 g/mol. The monoisotopic (exact) mass is 385 g/mol. The first kappa shape index (κ1) is 18.0. The summed E-state index contributed by atoms with van der Waals surface area (Å²) in [5.41, 5.74) is 0.233. The minimum absolute atomic E-state index is 0.233. The molecule has 0 saturated carbocycles. The number of amides is 1. The first-order valence-electron chi connectivity index (χ1n) is 8.78. The smallest absolute Gasteiger partial charge is 0.229 e. The van der Waals surface area contributed by atoms with Crippen LogP contribution in [0.3, 0.4) is 0 Å². The summed E-state index contributed by atoms with van der Waals surface area (Å²) in [4.78, 5) is 27.0. The van der Waals surface area contributed by atoms with E-state index in [9.17, 15) is 13.6 Å². The van der Waals surface area contributed by atoms with Crippen LogP contribution in [0, 0.1) is 17.6 Å². The molecule has 0 radical (unpaired) electrons. The Morgan fingerprint density at radius 1 is 1.11 bits per heavy atom. The molecule has 1 unspecified atom stereocenters. The minimum Gasteiger partial charge on any atom is -0.356 e. The zero-order chi connectivity index (χ0) is 19.5. The molecule has 10 heteroatoms. The van der Waals surface area contributed by atoms with Gasteiger partial charge in [0.1, 0.15) is 24.8 Å². The van der Waals surface area contributed by atoms with E-state index in [1.807, 2.05) is 4.90 Å². The van der Waals surface area contributed by atoms with Crippen molar-refractivity contribution >= 4 is 17.4 Å². The van der Waals surface area contributed by atoms with Crippen LogP contribution >= 0.6 is 0 Å². The second-order valence-corrected chi connectivity index (χ2v) is 6.48. The molecule has 2 aromatic heterocycles. The number of hydrogen-bond donors (Lipinski definition) is 1. The number of anilines is 2. The highest BCUT2D eigenvalue weighted by molar-refractivity contribution is 5.93. The van der Waals surface area contributed by atoms with Gasteiger partial charge in [-0.15, -0.1) is 0 Å². The van der Waals surface area contributed by atoms with Crippen molar-refractivity contribution < 1.29 is 13.6 Å². The molecule has 1 fully saturated rings. The number of carbonyl (C=O) groups is 1. The van der Waals surface area contributed by atoms with E-state index in [2.05, 4.69) is 25.4 Å². The fraction of sp³-hybridized carbons (Fsp3) is 0.278. The molecule has 3 heterocycles. The molecule has 1 amide bonds. The summed E-state index contributed by atoms with van der Waals surface area (Å²) < 4.78 is 27.9. The van der Waals surface area contributed by atoms with Gasteiger partial charge < -0.3 is 10.2 Å². The Balaban J connectivity index is 1.46. The third-order valence-electron chi connectivity index (χ3n) is 4.60. The van der Waals surface area contributed by atoms with E-state index in [-0.39, 0.29) is 17.5 Å². The Morgan fingerprint density at radius 3 is 2.75 bits per heavy atom. The molecule has 28 heavy (non-hydrogen) atoms. The van der Waals surface area contributed by atoms with Gasteiger partial charge in [-0.2, -0.15) is 5.10 Å². The standard InChI is InChI=1S/C18H17F2N7O/c19-14-4-3-13(6-15(14)20)25-18(28)12-2-1-5-26(8-12)16-7-17(23-10-22-16)27-11-21-9-24-27/h3-4,6-7,9-12H,1-2,5,8H2,(H,25,28). The van der Waals surface area contributed by atoms with Crippen LogP contribution in [0.5, 0.6) is 0 Å². The van der Waals surface area contributed by atoms with Crippen molar-refractivity contribution in [2.45, 2.75) is 12.8 Å². The van der Waals surface area contributed by atoms with E-state index in [4.69, 9.17) is 0 Å². The molecule has 0 spiro atoms. The lowest BCUT2D eigenvalue weighted by Gasteiger charge is -2.32. The van der Waals surface area contributed by atoms with Crippen LogP contribution in [0.2, 0.25) is 0 Å². The predicted octanol–water partition coefficient (Wildman–Crippen LogP) is 2.19. The summed E-state index contributed by atoms with van der Waals surface area (Å²) in [7, 11) is 0. The van der Waals surface area contributed by atoms with Gasteiger partial charge in [-0.25, -0.2) is 28.4 Å². The highest BCUT2D eigenvalue weighted by Crippen LogP contribution is 2.24. The molecule has 1 aliphatic rings. The second kappa shape index (κ2) is 7.67. The van der Waals surface area contributed by atoms with Gasteiger partial charge in [0, 0.05) is 30.9 Å². The Labute approximate surface area is 159 Å². The molecule has 4 rings (SSSR count). The van der Waals surface area contributed by atoms with Gasteiger partial charge in [0.2, 0.25) is 5.91 Å². The molecule has 1 aliphatic heterocycles. The van der Waals surface area contributed by atoms with Crippen molar-refractivity contribution in [2.75, 3.05) is 23.3 Å². The number of hydrogen-bond acceptors (Lipinski definition) is 6. The quantitative estimate of drug-likeness (QED) is 0.741. The normalized spacial score (nSPS) is 16.8. The van der Waals surface area contributed by atoms with Gasteiger partial charge in [0.15, 0.2) is 17.5 Å². The van der Waals surface area contributed by atoms with Gasteiger partial charge in [0.05, 0.1) is 5.92 Å². The molecule has 1 N–H and O–H groups in total. The van der Waals surface area contributed by atoms with Crippen molar-refractivity contribution in [3.63, 3.8) is 0 Å². The number of piperidine rings is 1. The zero-order valence-electron chi connectivity index (χ0n) is 14.8. The van der Waals surface area contributed by atoms with E-state index >= 15 is 0 Å². The van der Waals surface area contributed by atoms with Crippen molar-refractivity contribution in [3.8, 4) is 5.82 Å². The van der Waals surface area contributed by atoms with Gasteiger partial charge >= 0.3 is 0 Å². The topological polar surface area (TPSA) is 88.8 Å². The molecule has 0 bridgehead atoms. The zero-order valence-corrected chi connectivity index (χ0v) is 14.8. The van der Waals surface area contributed by atoms with Gasteiger partial charge in [-0.3, -0.25) is 4.79 Å². The number of benzene rings is 1. The van der Waals surface area contributed by atoms with E-state index in [0.29, 0.717) is 24.6 Å².